The number of para-hydroxylation sites is 3. The van der Waals surface area contributed by atoms with E-state index in [4.69, 9.17) is 0 Å². The van der Waals surface area contributed by atoms with Gasteiger partial charge in [0.05, 0.1) is 5.52 Å². The Labute approximate surface area is 316 Å². The van der Waals surface area contributed by atoms with Gasteiger partial charge in [-0.3, -0.25) is 0 Å². The van der Waals surface area contributed by atoms with Crippen LogP contribution in [0.2, 0.25) is 0 Å². The molecule has 1 radical (unpaired) electrons. The maximum Gasteiger partial charge on any atom is 0.197 e. The van der Waals surface area contributed by atoms with Crippen LogP contribution in [0.25, 0.3) is 72.0 Å². The van der Waals surface area contributed by atoms with Crippen molar-refractivity contribution in [1.29, 1.82) is 0 Å². The second-order valence-electron chi connectivity index (χ2n) is 15.2. The standard InChI is InChI=1S/C51H36BN2/c1-51(2)42-25-13-11-23-36(42)38-29-39(45(31-43(38)51)53-33-19-7-4-8-20-33)41-30-40(35-22-10-9-21-34(35)32-17-5-3-6-18-32)48-37-24-12-15-27-46(37)54-47-28-16-14-26-44(47)52-49(41)50(48)54/h3-31,53H,1-2H3. The summed E-state index contributed by atoms with van der Waals surface area (Å²) in [4.78, 5) is 0. The Morgan fingerprint density at radius 2 is 1.15 bits per heavy atom. The van der Waals surface area contributed by atoms with Crippen molar-refractivity contribution < 1.29 is 0 Å². The van der Waals surface area contributed by atoms with Crippen LogP contribution in [0.4, 0.5) is 11.4 Å². The first kappa shape index (κ1) is 31.0. The van der Waals surface area contributed by atoms with Gasteiger partial charge in [-0.15, -0.1) is 0 Å². The lowest BCUT2D eigenvalue weighted by Crippen LogP contribution is -2.37. The highest BCUT2D eigenvalue weighted by molar-refractivity contribution is 6.73. The molecule has 9 aromatic rings. The average Bonchev–Trinajstić information content (AvgIpc) is 3.68. The summed E-state index contributed by atoms with van der Waals surface area (Å²) in [6.45, 7) is 4.72. The third-order valence-corrected chi connectivity index (χ3v) is 11.8. The molecule has 0 amide bonds. The molecule has 0 fully saturated rings. The van der Waals surface area contributed by atoms with Crippen LogP contribution in [0.5, 0.6) is 0 Å². The molecule has 253 valence electrons. The maximum absolute atomic E-state index is 3.92. The molecule has 0 unspecified atom stereocenters. The summed E-state index contributed by atoms with van der Waals surface area (Å²) in [6.07, 6.45) is 0. The van der Waals surface area contributed by atoms with E-state index >= 15 is 0 Å². The number of aromatic nitrogens is 1. The molecule has 2 nitrogen and oxygen atoms in total. The predicted octanol–water partition coefficient (Wildman–Crippen LogP) is 11.8. The minimum atomic E-state index is -0.132. The quantitative estimate of drug-likeness (QED) is 0.178. The van der Waals surface area contributed by atoms with Gasteiger partial charge >= 0.3 is 0 Å². The molecule has 2 aliphatic rings. The van der Waals surface area contributed by atoms with Crippen molar-refractivity contribution in [2.24, 2.45) is 0 Å². The number of anilines is 2. The Morgan fingerprint density at radius 1 is 0.500 bits per heavy atom. The van der Waals surface area contributed by atoms with E-state index in [1.54, 1.807) is 0 Å². The number of hydrogen-bond acceptors (Lipinski definition) is 1. The van der Waals surface area contributed by atoms with Crippen molar-refractivity contribution in [3.05, 3.63) is 187 Å². The molecular weight excluding hydrogens is 651 g/mol. The summed E-state index contributed by atoms with van der Waals surface area (Å²) in [5, 5.41) is 6.46. The normalized spacial score (nSPS) is 13.3. The Balaban J connectivity index is 1.30. The molecule has 3 heteroatoms. The second kappa shape index (κ2) is 11.7. The van der Waals surface area contributed by atoms with E-state index in [2.05, 4.69) is 207 Å². The first-order chi connectivity index (χ1) is 26.6. The van der Waals surface area contributed by atoms with Gasteiger partial charge in [0.25, 0.3) is 0 Å². The molecule has 0 atom stereocenters. The zero-order chi connectivity index (χ0) is 36.0. The van der Waals surface area contributed by atoms with Crippen molar-refractivity contribution in [2.75, 3.05) is 5.32 Å². The third-order valence-electron chi connectivity index (χ3n) is 11.8. The van der Waals surface area contributed by atoms with Gasteiger partial charge in [0, 0.05) is 44.3 Å². The van der Waals surface area contributed by atoms with Gasteiger partial charge in [0.15, 0.2) is 7.28 Å². The van der Waals surface area contributed by atoms with Crippen LogP contribution >= 0.6 is 0 Å². The Hall–Kier alpha value is -6.58. The lowest BCUT2D eigenvalue weighted by Gasteiger charge is -2.27. The lowest BCUT2D eigenvalue weighted by molar-refractivity contribution is 0.660. The molecule has 54 heavy (non-hydrogen) atoms. The lowest BCUT2D eigenvalue weighted by atomic mass is 9.58. The van der Waals surface area contributed by atoms with Crippen molar-refractivity contribution in [3.8, 4) is 50.2 Å². The van der Waals surface area contributed by atoms with Crippen LogP contribution in [-0.2, 0) is 5.41 Å². The number of nitrogens with zero attached hydrogens (tertiary/aromatic N) is 1. The average molecular weight is 688 g/mol. The Morgan fingerprint density at radius 3 is 1.98 bits per heavy atom. The van der Waals surface area contributed by atoms with Crippen molar-refractivity contribution in [3.63, 3.8) is 0 Å². The number of rotatable bonds is 5. The maximum atomic E-state index is 3.92. The topological polar surface area (TPSA) is 17.0 Å². The van der Waals surface area contributed by atoms with E-state index in [1.165, 1.54) is 94.1 Å². The Bertz CT molecular complexity index is 2950. The highest BCUT2D eigenvalue weighted by Crippen LogP contribution is 2.52. The number of benzene rings is 8. The van der Waals surface area contributed by atoms with E-state index in [1.807, 2.05) is 0 Å². The van der Waals surface area contributed by atoms with E-state index in [0.29, 0.717) is 0 Å². The first-order valence-corrected chi connectivity index (χ1v) is 18.9. The number of nitrogens with one attached hydrogen (secondary N) is 1. The van der Waals surface area contributed by atoms with Crippen LogP contribution < -0.4 is 16.2 Å². The first-order valence-electron chi connectivity index (χ1n) is 18.9. The summed E-state index contributed by atoms with van der Waals surface area (Å²) >= 11 is 0. The van der Waals surface area contributed by atoms with Crippen molar-refractivity contribution >= 4 is 51.4 Å². The zero-order valence-corrected chi connectivity index (χ0v) is 30.3. The molecule has 1 aromatic heterocycles. The molecule has 11 rings (SSSR count). The minimum Gasteiger partial charge on any atom is -0.355 e. The van der Waals surface area contributed by atoms with E-state index in [0.717, 1.165) is 11.4 Å². The van der Waals surface area contributed by atoms with Gasteiger partial charge in [0.2, 0.25) is 0 Å². The zero-order valence-electron chi connectivity index (χ0n) is 30.3. The molecule has 1 aliphatic heterocycles. The molecule has 0 spiro atoms. The summed E-state index contributed by atoms with van der Waals surface area (Å²) in [7, 11) is 2.43. The molecule has 1 N–H and O–H groups in total. The fraction of sp³-hybridized carbons (Fsp3) is 0.0588. The Kier molecular flexibility index (Phi) is 6.72. The second-order valence-corrected chi connectivity index (χ2v) is 15.2. The molecule has 0 saturated heterocycles. The number of hydrogen-bond donors (Lipinski definition) is 1. The van der Waals surface area contributed by atoms with Gasteiger partial charge in [-0.05, 0) is 98.0 Å². The van der Waals surface area contributed by atoms with Gasteiger partial charge < -0.3 is 9.88 Å². The fourth-order valence-corrected chi connectivity index (χ4v) is 9.33. The van der Waals surface area contributed by atoms with Crippen LogP contribution in [0, 0.1) is 0 Å². The summed E-state index contributed by atoms with van der Waals surface area (Å²) in [5.41, 5.74) is 20.8. The summed E-state index contributed by atoms with van der Waals surface area (Å²) < 4.78 is 2.52. The largest absolute Gasteiger partial charge is 0.355 e. The molecule has 0 saturated carbocycles. The third kappa shape index (κ3) is 4.48. The monoisotopic (exact) mass is 687 g/mol. The molecule has 8 aromatic carbocycles. The van der Waals surface area contributed by atoms with Crippen LogP contribution in [-0.4, -0.2) is 11.8 Å². The molecular formula is C51H36BN2. The number of fused-ring (bicyclic) bond motifs is 8. The highest BCUT2D eigenvalue weighted by atomic mass is 15.0. The smallest absolute Gasteiger partial charge is 0.197 e. The van der Waals surface area contributed by atoms with Gasteiger partial charge in [-0.2, -0.15) is 0 Å². The summed E-state index contributed by atoms with van der Waals surface area (Å²) in [5.74, 6) is 0. The van der Waals surface area contributed by atoms with Gasteiger partial charge in [-0.1, -0.05) is 153 Å². The predicted molar refractivity (Wildman–Crippen MR) is 229 cm³/mol. The van der Waals surface area contributed by atoms with Crippen LogP contribution in [0.15, 0.2) is 176 Å². The fourth-order valence-electron chi connectivity index (χ4n) is 9.33. The van der Waals surface area contributed by atoms with Crippen molar-refractivity contribution in [2.45, 2.75) is 19.3 Å². The van der Waals surface area contributed by atoms with E-state index < -0.39 is 0 Å². The van der Waals surface area contributed by atoms with E-state index in [9.17, 15) is 0 Å². The molecule has 0 bridgehead atoms. The highest BCUT2D eigenvalue weighted by Gasteiger charge is 2.37. The van der Waals surface area contributed by atoms with Crippen LogP contribution in [0.1, 0.15) is 25.0 Å². The van der Waals surface area contributed by atoms with Gasteiger partial charge in [0.1, 0.15) is 0 Å². The molecule has 2 heterocycles. The minimum absolute atomic E-state index is 0.132. The molecule has 1 aliphatic carbocycles. The van der Waals surface area contributed by atoms with Crippen LogP contribution in [0.3, 0.4) is 0 Å². The SMILES string of the molecule is CC1(C)c2ccccc2-c2cc(-c3cc(-c4ccccc4-c4ccccc4)c4c5ccccc5n5c4c3[B]c3ccccc3-5)c(Nc3ccccc3)cc21. The summed E-state index contributed by atoms with van der Waals surface area (Å²) in [6, 6.07) is 64.5. The van der Waals surface area contributed by atoms with Crippen molar-refractivity contribution in [1.82, 2.24) is 4.57 Å². The van der Waals surface area contributed by atoms with E-state index in [-0.39, 0.29) is 5.41 Å². The van der Waals surface area contributed by atoms with Gasteiger partial charge in [-0.25, -0.2) is 0 Å².